The Morgan fingerprint density at radius 3 is 1.81 bits per heavy atom. The molecule has 0 spiro atoms. The maximum Gasteiger partial charge on any atom is 0.324 e. The van der Waals surface area contributed by atoms with Crippen molar-refractivity contribution in [2.75, 3.05) is 0 Å². The normalized spacial score (nSPS) is 11.0. The summed E-state index contributed by atoms with van der Waals surface area (Å²) in [5, 5.41) is 49.3. The summed E-state index contributed by atoms with van der Waals surface area (Å²) in [5.41, 5.74) is -1.16. The molecule has 0 aliphatic rings. The molecular formula is C14H14N4O8. The fourth-order valence-corrected chi connectivity index (χ4v) is 1.70. The number of benzene rings is 1. The number of aryl methyl sites for hydroxylation is 1. The second-order valence-corrected chi connectivity index (χ2v) is 5.01. The molecule has 1 aromatic carbocycles. The van der Waals surface area contributed by atoms with Gasteiger partial charge in [0.1, 0.15) is 0 Å². The largest absolute Gasteiger partial charge is 0.497 e. The lowest BCUT2D eigenvalue weighted by Crippen LogP contribution is -1.97. The topological polar surface area (TPSA) is 183 Å². The number of aliphatic hydroxyl groups is 1. The van der Waals surface area contributed by atoms with Crippen molar-refractivity contribution < 1.29 is 25.0 Å². The minimum Gasteiger partial charge on any atom is -0.497 e. The molecule has 0 bridgehead atoms. The summed E-state index contributed by atoms with van der Waals surface area (Å²) < 4.78 is 0. The van der Waals surface area contributed by atoms with Crippen LogP contribution in [0.1, 0.15) is 24.3 Å². The Morgan fingerprint density at radius 2 is 1.50 bits per heavy atom. The van der Waals surface area contributed by atoms with Gasteiger partial charge in [0.25, 0.3) is 11.4 Å². The van der Waals surface area contributed by atoms with Crippen LogP contribution in [0.3, 0.4) is 0 Å². The zero-order valence-electron chi connectivity index (χ0n) is 13.6. The van der Waals surface area contributed by atoms with E-state index in [1.807, 2.05) is 19.1 Å². The van der Waals surface area contributed by atoms with Gasteiger partial charge in [-0.2, -0.15) is 0 Å². The molecule has 12 heteroatoms. The lowest BCUT2D eigenvalue weighted by Gasteiger charge is -2.02. The fourth-order valence-electron chi connectivity index (χ4n) is 1.70. The number of aromatic hydroxyl groups is 1. The second-order valence-electron chi connectivity index (χ2n) is 5.01. The van der Waals surface area contributed by atoms with Crippen LogP contribution in [0.15, 0.2) is 30.5 Å². The molecule has 2 rings (SSSR count). The van der Waals surface area contributed by atoms with Crippen LogP contribution in [0.2, 0.25) is 0 Å². The van der Waals surface area contributed by atoms with Gasteiger partial charge in [0, 0.05) is 11.9 Å². The number of nitro groups is 3. The summed E-state index contributed by atoms with van der Waals surface area (Å²) in [4.78, 5) is 31.8. The van der Waals surface area contributed by atoms with Gasteiger partial charge < -0.3 is 10.2 Å². The van der Waals surface area contributed by atoms with Crippen molar-refractivity contribution in [3.63, 3.8) is 0 Å². The van der Waals surface area contributed by atoms with Crippen molar-refractivity contribution in [2.45, 2.75) is 20.0 Å². The van der Waals surface area contributed by atoms with E-state index < -0.39 is 43.7 Å². The number of hydrogen-bond acceptors (Lipinski definition) is 9. The molecule has 26 heavy (non-hydrogen) atoms. The number of non-ortho nitro benzene ring substituents is 1. The van der Waals surface area contributed by atoms with E-state index in [1.54, 1.807) is 13.1 Å². The number of phenols is 1. The predicted molar refractivity (Wildman–Crippen MR) is 87.7 cm³/mol. The summed E-state index contributed by atoms with van der Waals surface area (Å²) in [6.07, 6.45) is 1.29. The zero-order valence-corrected chi connectivity index (χ0v) is 13.6. The van der Waals surface area contributed by atoms with E-state index >= 15 is 0 Å². The van der Waals surface area contributed by atoms with Crippen molar-refractivity contribution in [1.82, 2.24) is 4.98 Å². The molecule has 0 aliphatic carbocycles. The SMILES string of the molecule is Cc1ccc(C(C)O)cn1.O=[N+]([O-])c1cc([N+](=O)[O-])c(O)c([N+](=O)[O-])c1. The highest BCUT2D eigenvalue weighted by atomic mass is 16.6. The van der Waals surface area contributed by atoms with Crippen LogP contribution in [0.5, 0.6) is 5.75 Å². The molecule has 2 aromatic rings. The molecule has 0 amide bonds. The number of hydrogen-bond donors (Lipinski definition) is 2. The maximum atomic E-state index is 10.4. The highest BCUT2D eigenvalue weighted by Crippen LogP contribution is 2.38. The smallest absolute Gasteiger partial charge is 0.324 e. The van der Waals surface area contributed by atoms with Crippen LogP contribution in [0, 0.1) is 37.3 Å². The van der Waals surface area contributed by atoms with Crippen LogP contribution < -0.4 is 0 Å². The third kappa shape index (κ3) is 5.17. The number of nitrogens with zero attached hydrogens (tertiary/aromatic N) is 4. The first-order valence-corrected chi connectivity index (χ1v) is 6.95. The Hall–Kier alpha value is -3.67. The number of aromatic nitrogens is 1. The first-order valence-electron chi connectivity index (χ1n) is 6.95. The Bertz CT molecular complexity index is 800. The number of rotatable bonds is 4. The summed E-state index contributed by atoms with van der Waals surface area (Å²) in [6.45, 7) is 3.65. The molecule has 2 N–H and O–H groups in total. The molecule has 1 heterocycles. The average Bonchev–Trinajstić information content (AvgIpc) is 2.55. The first-order chi connectivity index (χ1) is 12.0. The first kappa shape index (κ1) is 20.4. The Balaban J connectivity index is 0.000000289. The van der Waals surface area contributed by atoms with E-state index in [9.17, 15) is 30.3 Å². The molecule has 1 atom stereocenters. The van der Waals surface area contributed by atoms with E-state index in [-0.39, 0.29) is 0 Å². The van der Waals surface area contributed by atoms with Gasteiger partial charge >= 0.3 is 11.4 Å². The highest BCUT2D eigenvalue weighted by Gasteiger charge is 2.30. The van der Waals surface area contributed by atoms with Gasteiger partial charge in [-0.15, -0.1) is 0 Å². The molecule has 1 aromatic heterocycles. The maximum absolute atomic E-state index is 10.4. The summed E-state index contributed by atoms with van der Waals surface area (Å²) in [6, 6.07) is 4.67. The van der Waals surface area contributed by atoms with E-state index in [4.69, 9.17) is 10.2 Å². The number of phenolic OH excluding ortho intramolecular Hbond substituents is 1. The molecule has 0 radical (unpaired) electrons. The number of aliphatic hydroxyl groups excluding tert-OH is 1. The van der Waals surface area contributed by atoms with E-state index in [0.29, 0.717) is 12.1 Å². The molecule has 0 fully saturated rings. The van der Waals surface area contributed by atoms with Crippen LogP contribution >= 0.6 is 0 Å². The molecule has 0 saturated heterocycles. The number of pyridine rings is 1. The van der Waals surface area contributed by atoms with Gasteiger partial charge in [0.15, 0.2) is 0 Å². The second kappa shape index (κ2) is 8.43. The third-order valence-electron chi connectivity index (χ3n) is 3.08. The fraction of sp³-hybridized carbons (Fsp3) is 0.214. The molecule has 0 saturated carbocycles. The lowest BCUT2D eigenvalue weighted by atomic mass is 10.2. The monoisotopic (exact) mass is 366 g/mol. The van der Waals surface area contributed by atoms with E-state index in [2.05, 4.69) is 4.98 Å². The molecule has 0 aliphatic heterocycles. The van der Waals surface area contributed by atoms with Gasteiger partial charge in [0.05, 0.1) is 33.0 Å². The van der Waals surface area contributed by atoms with Gasteiger partial charge in [-0.25, -0.2) is 0 Å². The van der Waals surface area contributed by atoms with Gasteiger partial charge in [-0.05, 0) is 25.5 Å². The quantitative estimate of drug-likeness (QED) is 0.606. The lowest BCUT2D eigenvalue weighted by molar-refractivity contribution is -0.404. The summed E-state index contributed by atoms with van der Waals surface area (Å²) >= 11 is 0. The van der Waals surface area contributed by atoms with Crippen molar-refractivity contribution >= 4 is 17.1 Å². The van der Waals surface area contributed by atoms with Gasteiger partial charge in [-0.3, -0.25) is 35.3 Å². The van der Waals surface area contributed by atoms with Crippen molar-refractivity contribution in [2.24, 2.45) is 0 Å². The third-order valence-corrected chi connectivity index (χ3v) is 3.08. The summed E-state index contributed by atoms with van der Waals surface area (Å²) in [7, 11) is 0. The Labute approximate surface area is 145 Å². The minimum absolute atomic E-state index is 0.409. The summed E-state index contributed by atoms with van der Waals surface area (Å²) in [5.74, 6) is -1.21. The minimum atomic E-state index is -1.21. The van der Waals surface area contributed by atoms with Crippen molar-refractivity contribution in [1.29, 1.82) is 0 Å². The van der Waals surface area contributed by atoms with Crippen LogP contribution in [-0.4, -0.2) is 30.0 Å². The van der Waals surface area contributed by atoms with E-state index in [0.717, 1.165) is 11.3 Å². The number of nitro benzene ring substituents is 3. The Kier molecular flexibility index (Phi) is 6.61. The molecule has 1 unspecified atom stereocenters. The van der Waals surface area contributed by atoms with Crippen molar-refractivity contribution in [3.8, 4) is 5.75 Å². The van der Waals surface area contributed by atoms with Gasteiger partial charge in [0.2, 0.25) is 0 Å². The predicted octanol–water partition coefficient (Wildman–Crippen LogP) is 2.56. The Morgan fingerprint density at radius 1 is 1.00 bits per heavy atom. The van der Waals surface area contributed by atoms with E-state index in [1.165, 1.54) is 0 Å². The zero-order chi connectivity index (χ0) is 20.0. The standard InChI is InChI=1S/C8H11NO.C6H3N3O7/c1-6-3-4-8(5-9-6)7(2)10;10-6-4(8(13)14)1-3(7(11)12)2-5(6)9(15)16/h3-5,7,10H,1-2H3;1-2,10H. The van der Waals surface area contributed by atoms with Crippen LogP contribution in [0.25, 0.3) is 0 Å². The van der Waals surface area contributed by atoms with Crippen LogP contribution in [0.4, 0.5) is 17.1 Å². The van der Waals surface area contributed by atoms with Gasteiger partial charge in [-0.1, -0.05) is 6.07 Å². The van der Waals surface area contributed by atoms with Crippen molar-refractivity contribution in [3.05, 3.63) is 72.1 Å². The molecule has 12 nitrogen and oxygen atoms in total. The molecular weight excluding hydrogens is 352 g/mol. The molecule has 138 valence electrons. The highest BCUT2D eigenvalue weighted by molar-refractivity contribution is 5.64. The average molecular weight is 366 g/mol. The van der Waals surface area contributed by atoms with Crippen LogP contribution in [-0.2, 0) is 0 Å².